The summed E-state index contributed by atoms with van der Waals surface area (Å²) in [7, 11) is 0. The Kier molecular flexibility index (Phi) is 4.13. The Bertz CT molecular complexity index is 1240. The van der Waals surface area contributed by atoms with Crippen molar-refractivity contribution in [3.8, 4) is 11.1 Å². The van der Waals surface area contributed by atoms with E-state index in [9.17, 15) is 4.79 Å². The number of amides is 1. The molecule has 1 N–H and O–H groups in total. The molecule has 1 aliphatic rings. The molecule has 0 radical (unpaired) electrons. The van der Waals surface area contributed by atoms with Crippen LogP contribution in [-0.4, -0.2) is 42.1 Å². The molecule has 1 aromatic carbocycles. The van der Waals surface area contributed by atoms with Gasteiger partial charge >= 0.3 is 0 Å². The van der Waals surface area contributed by atoms with Gasteiger partial charge in [-0.15, -0.1) is 0 Å². The second-order valence-electron chi connectivity index (χ2n) is 7.33. The van der Waals surface area contributed by atoms with E-state index < -0.39 is 0 Å². The fourth-order valence-corrected chi connectivity index (χ4v) is 4.17. The maximum Gasteiger partial charge on any atom is 0.274 e. The fraction of sp³-hybridized carbons (Fsp3) is 0.238. The highest BCUT2D eigenvalue weighted by molar-refractivity contribution is 6.30. The number of nitrogens with zero attached hydrogens (tertiary/aromatic N) is 5. The molecule has 1 atom stereocenters. The van der Waals surface area contributed by atoms with Gasteiger partial charge < -0.3 is 4.90 Å². The minimum atomic E-state index is -0.0977. The van der Waals surface area contributed by atoms with Crippen molar-refractivity contribution in [2.24, 2.45) is 0 Å². The number of hydrogen-bond acceptors (Lipinski definition) is 4. The maximum absolute atomic E-state index is 13.1. The zero-order valence-electron chi connectivity index (χ0n) is 16.1. The summed E-state index contributed by atoms with van der Waals surface area (Å²) in [5.41, 5.74) is 6.64. The van der Waals surface area contributed by atoms with E-state index in [2.05, 4.69) is 45.4 Å². The average Bonchev–Trinajstić information content (AvgIpc) is 3.33. The summed E-state index contributed by atoms with van der Waals surface area (Å²) in [5.74, 6) is -0.0977. The van der Waals surface area contributed by atoms with Crippen molar-refractivity contribution in [2.45, 2.75) is 26.3 Å². The number of carbonyl (C=O) groups is 1. The Balaban J connectivity index is 1.45. The molecule has 1 amide bonds. The number of hydrogen-bond donors (Lipinski definition) is 1. The van der Waals surface area contributed by atoms with Crippen molar-refractivity contribution in [3.05, 3.63) is 70.4 Å². The van der Waals surface area contributed by atoms with Gasteiger partial charge in [0.2, 0.25) is 0 Å². The number of nitrogens with one attached hydrogen (secondary N) is 1. The number of aryl methyl sites for hydroxylation is 1. The first-order chi connectivity index (χ1) is 14.0. The Morgan fingerprint density at radius 2 is 2.17 bits per heavy atom. The number of carbonyl (C=O) groups excluding carboxylic acids is 1. The SMILES string of the molecule is Cc1n[nH]cc1-c1ccc2c(c1)CCN(C(=O)c1cc3ncc(Cl)cn3n1)C2C. The van der Waals surface area contributed by atoms with Crippen molar-refractivity contribution in [1.82, 2.24) is 29.7 Å². The molecule has 29 heavy (non-hydrogen) atoms. The molecule has 8 heteroatoms. The van der Waals surface area contributed by atoms with E-state index in [1.807, 2.05) is 18.0 Å². The Labute approximate surface area is 172 Å². The molecule has 146 valence electrons. The van der Waals surface area contributed by atoms with Gasteiger partial charge in [0.1, 0.15) is 0 Å². The Morgan fingerprint density at radius 3 is 2.97 bits per heavy atom. The number of fused-ring (bicyclic) bond motifs is 2. The van der Waals surface area contributed by atoms with Gasteiger partial charge in [-0.05, 0) is 37.0 Å². The molecule has 0 saturated carbocycles. The predicted octanol–water partition coefficient (Wildman–Crippen LogP) is 3.84. The summed E-state index contributed by atoms with van der Waals surface area (Å²) >= 11 is 5.97. The Hall–Kier alpha value is -3.19. The fourth-order valence-electron chi connectivity index (χ4n) is 4.03. The van der Waals surface area contributed by atoms with E-state index in [0.717, 1.165) is 23.2 Å². The quantitative estimate of drug-likeness (QED) is 0.548. The second kappa shape index (κ2) is 6.70. The summed E-state index contributed by atoms with van der Waals surface area (Å²) in [6.45, 7) is 4.69. The van der Waals surface area contributed by atoms with Gasteiger partial charge in [0.15, 0.2) is 11.3 Å². The van der Waals surface area contributed by atoms with E-state index in [0.29, 0.717) is 22.9 Å². The van der Waals surface area contributed by atoms with Crippen LogP contribution in [0.1, 0.15) is 40.3 Å². The third kappa shape index (κ3) is 2.98. The first-order valence-electron chi connectivity index (χ1n) is 9.47. The number of halogens is 1. The van der Waals surface area contributed by atoms with Crippen LogP contribution in [0.2, 0.25) is 5.02 Å². The summed E-state index contributed by atoms with van der Waals surface area (Å²) < 4.78 is 1.54. The maximum atomic E-state index is 13.1. The summed E-state index contributed by atoms with van der Waals surface area (Å²) in [4.78, 5) is 19.2. The minimum absolute atomic E-state index is 0.0351. The molecule has 4 heterocycles. The van der Waals surface area contributed by atoms with Gasteiger partial charge in [-0.3, -0.25) is 9.89 Å². The number of benzene rings is 1. The van der Waals surface area contributed by atoms with Crippen molar-refractivity contribution < 1.29 is 4.79 Å². The van der Waals surface area contributed by atoms with Crippen molar-refractivity contribution >= 4 is 23.2 Å². The normalized spacial score (nSPS) is 16.2. The van der Waals surface area contributed by atoms with Crippen LogP contribution in [0.4, 0.5) is 0 Å². The minimum Gasteiger partial charge on any atom is -0.330 e. The number of aromatic amines is 1. The summed E-state index contributed by atoms with van der Waals surface area (Å²) in [5, 5.41) is 12.0. The smallest absolute Gasteiger partial charge is 0.274 e. The summed E-state index contributed by atoms with van der Waals surface area (Å²) in [6.07, 6.45) is 5.91. The highest BCUT2D eigenvalue weighted by atomic mass is 35.5. The van der Waals surface area contributed by atoms with Crippen LogP contribution in [-0.2, 0) is 6.42 Å². The third-order valence-corrected chi connectivity index (χ3v) is 5.78. The van der Waals surface area contributed by atoms with Crippen LogP contribution in [0.15, 0.2) is 42.9 Å². The average molecular weight is 407 g/mol. The standard InChI is InChI=1S/C21H19ClN6O/c1-12-18(10-24-25-12)14-3-4-17-13(2)27(6-5-15(17)7-14)21(29)19-8-20-23-9-16(22)11-28(20)26-19/h3-4,7-11,13H,5-6H2,1-2H3,(H,24,25). The van der Waals surface area contributed by atoms with Crippen LogP contribution in [0.5, 0.6) is 0 Å². The van der Waals surface area contributed by atoms with Gasteiger partial charge in [-0.25, -0.2) is 9.50 Å². The first kappa shape index (κ1) is 17.9. The van der Waals surface area contributed by atoms with Crippen molar-refractivity contribution in [3.63, 3.8) is 0 Å². The van der Waals surface area contributed by atoms with Crippen LogP contribution in [0, 0.1) is 6.92 Å². The third-order valence-electron chi connectivity index (χ3n) is 5.59. The van der Waals surface area contributed by atoms with Crippen LogP contribution in [0.25, 0.3) is 16.8 Å². The molecule has 0 bridgehead atoms. The molecular formula is C21H19ClN6O. The molecule has 0 saturated heterocycles. The monoisotopic (exact) mass is 406 g/mol. The lowest BCUT2D eigenvalue weighted by atomic mass is 9.90. The van der Waals surface area contributed by atoms with Gasteiger partial charge in [0.05, 0.1) is 23.0 Å². The van der Waals surface area contributed by atoms with Gasteiger partial charge in [0.25, 0.3) is 5.91 Å². The van der Waals surface area contributed by atoms with E-state index in [-0.39, 0.29) is 11.9 Å². The van der Waals surface area contributed by atoms with Gasteiger partial charge in [-0.2, -0.15) is 10.2 Å². The lowest BCUT2D eigenvalue weighted by Crippen LogP contribution is -2.39. The molecule has 4 aromatic rings. The van der Waals surface area contributed by atoms with Crippen molar-refractivity contribution in [2.75, 3.05) is 6.54 Å². The first-order valence-corrected chi connectivity index (χ1v) is 9.84. The molecule has 0 aliphatic carbocycles. The molecule has 3 aromatic heterocycles. The second-order valence-corrected chi connectivity index (χ2v) is 7.76. The van der Waals surface area contributed by atoms with Crippen LogP contribution >= 0.6 is 11.6 Å². The molecule has 0 spiro atoms. The molecule has 7 nitrogen and oxygen atoms in total. The highest BCUT2D eigenvalue weighted by Crippen LogP contribution is 2.34. The molecule has 1 unspecified atom stereocenters. The predicted molar refractivity (Wildman–Crippen MR) is 110 cm³/mol. The van der Waals surface area contributed by atoms with Gasteiger partial charge in [0, 0.05) is 30.6 Å². The van der Waals surface area contributed by atoms with Gasteiger partial charge in [-0.1, -0.05) is 29.8 Å². The lowest BCUT2D eigenvalue weighted by molar-refractivity contribution is 0.0671. The molecule has 5 rings (SSSR count). The zero-order chi connectivity index (χ0) is 20.1. The largest absolute Gasteiger partial charge is 0.330 e. The van der Waals surface area contributed by atoms with E-state index >= 15 is 0 Å². The number of H-pyrrole nitrogens is 1. The Morgan fingerprint density at radius 1 is 1.31 bits per heavy atom. The van der Waals surface area contributed by atoms with Crippen LogP contribution < -0.4 is 0 Å². The lowest BCUT2D eigenvalue weighted by Gasteiger charge is -2.35. The number of aromatic nitrogens is 5. The molecule has 0 fully saturated rings. The van der Waals surface area contributed by atoms with E-state index in [4.69, 9.17) is 11.6 Å². The zero-order valence-corrected chi connectivity index (χ0v) is 16.8. The number of rotatable bonds is 2. The van der Waals surface area contributed by atoms with E-state index in [1.54, 1.807) is 18.5 Å². The molecular weight excluding hydrogens is 388 g/mol. The highest BCUT2D eigenvalue weighted by Gasteiger charge is 2.30. The van der Waals surface area contributed by atoms with E-state index in [1.165, 1.54) is 15.6 Å². The summed E-state index contributed by atoms with van der Waals surface area (Å²) in [6, 6.07) is 8.09. The van der Waals surface area contributed by atoms with Crippen LogP contribution in [0.3, 0.4) is 0 Å². The topological polar surface area (TPSA) is 79.2 Å². The van der Waals surface area contributed by atoms with Crippen molar-refractivity contribution in [1.29, 1.82) is 0 Å². The molecule has 1 aliphatic heterocycles.